The quantitative estimate of drug-likeness (QED) is 0.659. The molecule has 0 fully saturated rings. The lowest BCUT2D eigenvalue weighted by molar-refractivity contribution is -0.118. The largest absolute Gasteiger partial charge is 0.441 e. The van der Waals surface area contributed by atoms with E-state index in [0.29, 0.717) is 23.9 Å². The SMILES string of the molecule is Cc1ccc(CNC(=O)C[S@@](=O)Cc2nc(-c3ccc(C)cc3)oc2C)cc1. The van der Waals surface area contributed by atoms with Crippen molar-refractivity contribution in [3.8, 4) is 11.5 Å². The molecule has 0 saturated heterocycles. The highest BCUT2D eigenvalue weighted by Gasteiger charge is 2.16. The highest BCUT2D eigenvalue weighted by atomic mass is 32.2. The molecule has 0 aliphatic carbocycles. The molecule has 1 heterocycles. The Labute approximate surface area is 167 Å². The molecule has 0 aliphatic heterocycles. The fraction of sp³-hybridized carbons (Fsp3) is 0.273. The molecule has 0 unspecified atom stereocenters. The third-order valence-electron chi connectivity index (χ3n) is 4.39. The highest BCUT2D eigenvalue weighted by molar-refractivity contribution is 7.84. The van der Waals surface area contributed by atoms with Crippen LogP contribution in [0, 0.1) is 20.8 Å². The minimum Gasteiger partial charge on any atom is -0.441 e. The Balaban J connectivity index is 1.55. The van der Waals surface area contributed by atoms with Crippen LogP contribution in [0.5, 0.6) is 0 Å². The van der Waals surface area contributed by atoms with Gasteiger partial charge in [0.05, 0.1) is 11.4 Å². The fourth-order valence-electron chi connectivity index (χ4n) is 2.69. The van der Waals surface area contributed by atoms with Gasteiger partial charge in [0.2, 0.25) is 11.8 Å². The Morgan fingerprint density at radius 1 is 1.00 bits per heavy atom. The number of rotatable bonds is 7. The van der Waals surface area contributed by atoms with E-state index in [0.717, 1.165) is 16.7 Å². The van der Waals surface area contributed by atoms with E-state index in [2.05, 4.69) is 10.3 Å². The van der Waals surface area contributed by atoms with E-state index in [1.807, 2.05) is 62.4 Å². The summed E-state index contributed by atoms with van der Waals surface area (Å²) in [5.74, 6) is 1.04. The summed E-state index contributed by atoms with van der Waals surface area (Å²) in [6.07, 6.45) is 0. The number of nitrogens with one attached hydrogen (secondary N) is 1. The van der Waals surface area contributed by atoms with Gasteiger partial charge in [-0.1, -0.05) is 47.5 Å². The third-order valence-corrected chi connectivity index (χ3v) is 5.57. The van der Waals surface area contributed by atoms with Crippen LogP contribution in [0.25, 0.3) is 11.5 Å². The number of nitrogens with zero attached hydrogens (tertiary/aromatic N) is 1. The first-order chi connectivity index (χ1) is 13.4. The smallest absolute Gasteiger partial charge is 0.232 e. The van der Waals surface area contributed by atoms with E-state index in [1.54, 1.807) is 6.92 Å². The molecule has 146 valence electrons. The topological polar surface area (TPSA) is 72.2 Å². The number of aromatic nitrogens is 1. The molecule has 1 atom stereocenters. The van der Waals surface area contributed by atoms with Crippen molar-refractivity contribution >= 4 is 16.7 Å². The fourth-order valence-corrected chi connectivity index (χ4v) is 3.76. The number of carbonyl (C=O) groups is 1. The Kier molecular flexibility index (Phi) is 6.41. The molecular formula is C22H24N2O3S. The summed E-state index contributed by atoms with van der Waals surface area (Å²) in [6.45, 7) is 6.26. The van der Waals surface area contributed by atoms with Gasteiger partial charge in [0.25, 0.3) is 0 Å². The number of oxazole rings is 1. The number of hydrogen-bond acceptors (Lipinski definition) is 4. The molecule has 0 saturated carbocycles. The molecule has 1 N–H and O–H groups in total. The minimum absolute atomic E-state index is 0.0575. The van der Waals surface area contributed by atoms with E-state index in [4.69, 9.17) is 4.42 Å². The van der Waals surface area contributed by atoms with Crippen LogP contribution >= 0.6 is 0 Å². The number of aryl methyl sites for hydroxylation is 3. The zero-order valence-electron chi connectivity index (χ0n) is 16.3. The Morgan fingerprint density at radius 2 is 1.61 bits per heavy atom. The highest BCUT2D eigenvalue weighted by Crippen LogP contribution is 2.22. The van der Waals surface area contributed by atoms with Crippen molar-refractivity contribution in [1.29, 1.82) is 0 Å². The molecule has 0 aliphatic rings. The summed E-state index contributed by atoms with van der Waals surface area (Å²) in [5, 5.41) is 2.81. The second-order valence-electron chi connectivity index (χ2n) is 6.88. The summed E-state index contributed by atoms with van der Waals surface area (Å²) in [4.78, 5) is 16.5. The number of hydrogen-bond donors (Lipinski definition) is 1. The van der Waals surface area contributed by atoms with E-state index in [9.17, 15) is 9.00 Å². The van der Waals surface area contributed by atoms with E-state index in [1.165, 1.54) is 5.56 Å². The summed E-state index contributed by atoms with van der Waals surface area (Å²) < 4.78 is 18.1. The van der Waals surface area contributed by atoms with Gasteiger partial charge in [-0.25, -0.2) is 4.98 Å². The predicted octanol–water partition coefficient (Wildman–Crippen LogP) is 3.83. The van der Waals surface area contributed by atoms with Crippen LogP contribution in [0.2, 0.25) is 0 Å². The molecule has 1 aromatic heterocycles. The lowest BCUT2D eigenvalue weighted by Crippen LogP contribution is -2.28. The predicted molar refractivity (Wildman–Crippen MR) is 111 cm³/mol. The summed E-state index contributed by atoms with van der Waals surface area (Å²) >= 11 is 0. The van der Waals surface area contributed by atoms with Crippen molar-refractivity contribution in [3.63, 3.8) is 0 Å². The van der Waals surface area contributed by atoms with Crippen molar-refractivity contribution in [2.75, 3.05) is 5.75 Å². The minimum atomic E-state index is -1.35. The molecule has 3 rings (SSSR count). The molecule has 5 nitrogen and oxygen atoms in total. The monoisotopic (exact) mass is 396 g/mol. The molecule has 1 amide bonds. The van der Waals surface area contributed by atoms with Gasteiger partial charge in [-0.3, -0.25) is 9.00 Å². The van der Waals surface area contributed by atoms with Crippen molar-refractivity contribution in [2.24, 2.45) is 0 Å². The maximum Gasteiger partial charge on any atom is 0.232 e. The van der Waals surface area contributed by atoms with Gasteiger partial charge in [0.1, 0.15) is 11.5 Å². The second-order valence-corrected chi connectivity index (χ2v) is 8.34. The molecule has 28 heavy (non-hydrogen) atoms. The van der Waals surface area contributed by atoms with Gasteiger partial charge in [-0.05, 0) is 38.5 Å². The number of carbonyl (C=O) groups excluding carboxylic acids is 1. The Morgan fingerprint density at radius 3 is 2.25 bits per heavy atom. The van der Waals surface area contributed by atoms with Gasteiger partial charge in [0.15, 0.2) is 0 Å². The molecular weight excluding hydrogens is 372 g/mol. The average molecular weight is 397 g/mol. The third kappa shape index (κ3) is 5.39. The lowest BCUT2D eigenvalue weighted by atomic mass is 10.1. The van der Waals surface area contributed by atoms with Crippen LogP contribution in [0.15, 0.2) is 52.9 Å². The molecule has 0 spiro atoms. The lowest BCUT2D eigenvalue weighted by Gasteiger charge is -2.05. The molecule has 3 aromatic rings. The molecule has 0 radical (unpaired) electrons. The van der Waals surface area contributed by atoms with E-state index >= 15 is 0 Å². The molecule has 0 bridgehead atoms. The summed E-state index contributed by atoms with van der Waals surface area (Å²) in [6, 6.07) is 15.8. The number of benzene rings is 2. The average Bonchev–Trinajstić information content (AvgIpc) is 3.02. The van der Waals surface area contributed by atoms with Crippen LogP contribution in [0.4, 0.5) is 0 Å². The van der Waals surface area contributed by atoms with Crippen molar-refractivity contribution in [3.05, 3.63) is 76.7 Å². The summed E-state index contributed by atoms with van der Waals surface area (Å²) in [5.41, 5.74) is 4.84. The van der Waals surface area contributed by atoms with Crippen LogP contribution in [0.1, 0.15) is 28.1 Å². The van der Waals surface area contributed by atoms with Crippen molar-refractivity contribution in [2.45, 2.75) is 33.1 Å². The first-order valence-corrected chi connectivity index (χ1v) is 10.6. The van der Waals surface area contributed by atoms with Crippen LogP contribution < -0.4 is 5.32 Å². The Hall–Kier alpha value is -2.73. The Bertz CT molecular complexity index is 976. The zero-order chi connectivity index (χ0) is 20.1. The maximum absolute atomic E-state index is 12.4. The van der Waals surface area contributed by atoms with Gasteiger partial charge >= 0.3 is 0 Å². The second kappa shape index (κ2) is 8.97. The first-order valence-electron chi connectivity index (χ1n) is 9.11. The molecule has 2 aromatic carbocycles. The van der Waals surface area contributed by atoms with Crippen molar-refractivity contribution < 1.29 is 13.4 Å². The van der Waals surface area contributed by atoms with E-state index in [-0.39, 0.29) is 17.4 Å². The van der Waals surface area contributed by atoms with Gasteiger partial charge in [-0.15, -0.1) is 0 Å². The van der Waals surface area contributed by atoms with Crippen LogP contribution in [-0.4, -0.2) is 20.9 Å². The van der Waals surface area contributed by atoms with Gasteiger partial charge in [0, 0.05) is 22.9 Å². The van der Waals surface area contributed by atoms with Crippen LogP contribution in [0.3, 0.4) is 0 Å². The normalized spacial score (nSPS) is 12.0. The number of amides is 1. The van der Waals surface area contributed by atoms with Crippen molar-refractivity contribution in [1.82, 2.24) is 10.3 Å². The van der Waals surface area contributed by atoms with E-state index < -0.39 is 10.8 Å². The van der Waals surface area contributed by atoms with Gasteiger partial charge in [-0.2, -0.15) is 0 Å². The first kappa shape index (κ1) is 20.0. The summed E-state index contributed by atoms with van der Waals surface area (Å²) in [7, 11) is -1.35. The standard InChI is InChI=1S/C22H24N2O3S/c1-15-4-8-18(9-5-15)12-23-21(25)14-28(26)13-20-17(3)27-22(24-20)19-10-6-16(2)7-11-19/h4-11H,12-14H2,1-3H3,(H,23,25)/t28-/m0/s1. The maximum atomic E-state index is 12.4. The van der Waals surface area contributed by atoms with Crippen LogP contribution in [-0.2, 0) is 27.9 Å². The molecule has 6 heteroatoms. The zero-order valence-corrected chi connectivity index (χ0v) is 17.1. The van der Waals surface area contributed by atoms with Gasteiger partial charge < -0.3 is 9.73 Å².